The molecule has 0 aliphatic heterocycles. The molecule has 0 saturated heterocycles. The van der Waals surface area contributed by atoms with Crippen LogP contribution in [-0.4, -0.2) is 17.5 Å². The molecular weight excluding hydrogens is 429 g/mol. The largest absolute Gasteiger partial charge is 0.326 e. The number of carbonyl (C=O) groups excluding carboxylic acids is 2. The van der Waals surface area contributed by atoms with Crippen LogP contribution in [0.25, 0.3) is 0 Å². The minimum atomic E-state index is -0.278. The molecule has 2 N–H and O–H groups in total. The Kier molecular flexibility index (Phi) is 7.59. The van der Waals surface area contributed by atoms with Crippen molar-refractivity contribution in [2.75, 3.05) is 5.32 Å². The van der Waals surface area contributed by atoms with Crippen LogP contribution in [-0.2, 0) is 9.59 Å². The molecule has 0 unspecified atom stereocenters. The Labute approximate surface area is 161 Å². The minimum Gasteiger partial charge on any atom is -0.326 e. The van der Waals surface area contributed by atoms with Gasteiger partial charge in [0.1, 0.15) is 0 Å². The lowest BCUT2D eigenvalue weighted by Crippen LogP contribution is -2.22. The zero-order valence-electron chi connectivity index (χ0n) is 14.0. The van der Waals surface area contributed by atoms with Gasteiger partial charge in [0.15, 0.2) is 0 Å². The summed E-state index contributed by atoms with van der Waals surface area (Å²) in [6.45, 7) is 1.98. The molecule has 2 rings (SSSR count). The Bertz CT molecular complexity index is 743. The molecule has 6 heteroatoms. The molecule has 0 saturated carbocycles. The van der Waals surface area contributed by atoms with Crippen LogP contribution < -0.4 is 10.7 Å². The molecule has 0 fully saturated rings. The maximum atomic E-state index is 11.9. The number of carbonyl (C=O) groups is 2. The molecule has 2 aromatic carbocycles. The fourth-order valence-corrected chi connectivity index (χ4v) is 2.51. The molecule has 0 radical (unpaired) electrons. The Morgan fingerprint density at radius 1 is 0.960 bits per heavy atom. The summed E-state index contributed by atoms with van der Waals surface area (Å²) in [5.41, 5.74) is 5.03. The second-order valence-corrected chi connectivity index (χ2v) is 6.61. The van der Waals surface area contributed by atoms with Gasteiger partial charge in [-0.15, -0.1) is 0 Å². The van der Waals surface area contributed by atoms with E-state index in [-0.39, 0.29) is 24.7 Å². The van der Waals surface area contributed by atoms with Crippen molar-refractivity contribution in [3.05, 3.63) is 63.7 Å². The van der Waals surface area contributed by atoms with Crippen molar-refractivity contribution in [2.45, 2.75) is 26.2 Å². The van der Waals surface area contributed by atoms with Gasteiger partial charge in [-0.05, 0) is 58.8 Å². The van der Waals surface area contributed by atoms with Crippen LogP contribution >= 0.6 is 22.6 Å². The lowest BCUT2D eigenvalue weighted by molar-refractivity contribution is -0.124. The van der Waals surface area contributed by atoms with Crippen LogP contribution in [0.2, 0.25) is 0 Å². The summed E-state index contributed by atoms with van der Waals surface area (Å²) in [5, 5.41) is 6.94. The first-order valence-electron chi connectivity index (χ1n) is 8.04. The Morgan fingerprint density at radius 3 is 2.24 bits per heavy atom. The number of halogens is 1. The number of hydrogen-bond acceptors (Lipinski definition) is 3. The highest BCUT2D eigenvalue weighted by molar-refractivity contribution is 14.1. The van der Waals surface area contributed by atoms with E-state index in [0.717, 1.165) is 20.5 Å². The van der Waals surface area contributed by atoms with Crippen LogP contribution in [0.5, 0.6) is 0 Å². The third-order valence-electron chi connectivity index (χ3n) is 3.46. The van der Waals surface area contributed by atoms with Crippen LogP contribution in [0, 0.1) is 3.57 Å². The molecular formula is C19H20IN3O2. The normalized spacial score (nSPS) is 11.0. The average Bonchev–Trinajstić information content (AvgIpc) is 2.63. The number of hydrazone groups is 1. The summed E-state index contributed by atoms with van der Waals surface area (Å²) in [5.74, 6) is -0.473. The van der Waals surface area contributed by atoms with Crippen molar-refractivity contribution in [2.24, 2.45) is 5.10 Å². The van der Waals surface area contributed by atoms with E-state index in [1.807, 2.05) is 61.5 Å². The van der Waals surface area contributed by atoms with Gasteiger partial charge in [-0.3, -0.25) is 9.59 Å². The zero-order chi connectivity index (χ0) is 18.1. The monoisotopic (exact) mass is 449 g/mol. The summed E-state index contributed by atoms with van der Waals surface area (Å²) in [6, 6.07) is 17.2. The van der Waals surface area contributed by atoms with Crippen molar-refractivity contribution < 1.29 is 9.59 Å². The van der Waals surface area contributed by atoms with E-state index in [1.54, 1.807) is 0 Å². The van der Waals surface area contributed by atoms with Gasteiger partial charge in [-0.1, -0.05) is 37.3 Å². The van der Waals surface area contributed by atoms with Crippen molar-refractivity contribution in [3.63, 3.8) is 0 Å². The molecule has 0 atom stereocenters. The van der Waals surface area contributed by atoms with Gasteiger partial charge < -0.3 is 5.32 Å². The first-order valence-corrected chi connectivity index (χ1v) is 9.12. The topological polar surface area (TPSA) is 70.6 Å². The van der Waals surface area contributed by atoms with E-state index in [0.29, 0.717) is 6.42 Å². The maximum Gasteiger partial charge on any atom is 0.240 e. The SMILES string of the molecule is CC/C(=N\NC(=O)CCC(=O)Nc1ccc(I)cc1)c1ccccc1. The maximum absolute atomic E-state index is 11.9. The molecule has 0 aliphatic carbocycles. The van der Waals surface area contributed by atoms with Gasteiger partial charge in [-0.2, -0.15) is 5.10 Å². The smallest absolute Gasteiger partial charge is 0.240 e. The predicted molar refractivity (Wildman–Crippen MR) is 108 cm³/mol. The Balaban J connectivity index is 1.80. The van der Waals surface area contributed by atoms with Crippen LogP contribution in [0.1, 0.15) is 31.7 Å². The zero-order valence-corrected chi connectivity index (χ0v) is 16.1. The van der Waals surface area contributed by atoms with Crippen LogP contribution in [0.4, 0.5) is 5.69 Å². The first-order chi connectivity index (χ1) is 12.1. The molecule has 2 aromatic rings. The highest BCUT2D eigenvalue weighted by Crippen LogP contribution is 2.11. The number of benzene rings is 2. The van der Waals surface area contributed by atoms with Gasteiger partial charge in [-0.25, -0.2) is 5.43 Å². The van der Waals surface area contributed by atoms with Crippen molar-refractivity contribution >= 4 is 45.8 Å². The fraction of sp³-hybridized carbons (Fsp3) is 0.211. The summed E-state index contributed by atoms with van der Waals surface area (Å²) < 4.78 is 1.10. The van der Waals surface area contributed by atoms with Crippen molar-refractivity contribution in [1.29, 1.82) is 0 Å². The first kappa shape index (κ1) is 19.1. The number of nitrogens with one attached hydrogen (secondary N) is 2. The molecule has 0 heterocycles. The molecule has 0 aromatic heterocycles. The molecule has 25 heavy (non-hydrogen) atoms. The second kappa shape index (κ2) is 9.93. The molecule has 0 bridgehead atoms. The molecule has 130 valence electrons. The predicted octanol–water partition coefficient (Wildman–Crippen LogP) is 3.94. The number of rotatable bonds is 7. The van der Waals surface area contributed by atoms with Gasteiger partial charge in [0, 0.05) is 22.1 Å². The molecule has 2 amide bonds. The number of nitrogens with zero attached hydrogens (tertiary/aromatic N) is 1. The Hall–Kier alpha value is -2.22. The van der Waals surface area contributed by atoms with Gasteiger partial charge in [0.2, 0.25) is 11.8 Å². The van der Waals surface area contributed by atoms with E-state index in [4.69, 9.17) is 0 Å². The number of amides is 2. The summed E-state index contributed by atoms with van der Waals surface area (Å²) in [7, 11) is 0. The average molecular weight is 449 g/mol. The quantitative estimate of drug-likeness (QED) is 0.382. The summed E-state index contributed by atoms with van der Waals surface area (Å²) in [4.78, 5) is 23.8. The van der Waals surface area contributed by atoms with Gasteiger partial charge in [0.05, 0.1) is 5.71 Å². The standard InChI is InChI=1S/C19H20IN3O2/c1-2-17(14-6-4-3-5-7-14)22-23-19(25)13-12-18(24)21-16-10-8-15(20)9-11-16/h3-11H,2,12-13H2,1H3,(H,21,24)(H,23,25)/b22-17+. The van der Waals surface area contributed by atoms with Gasteiger partial charge in [0.25, 0.3) is 0 Å². The van der Waals surface area contributed by atoms with E-state index < -0.39 is 0 Å². The third kappa shape index (κ3) is 6.66. The van der Waals surface area contributed by atoms with E-state index in [1.165, 1.54) is 0 Å². The Morgan fingerprint density at radius 2 is 1.60 bits per heavy atom. The number of hydrogen-bond donors (Lipinski definition) is 2. The number of anilines is 1. The van der Waals surface area contributed by atoms with E-state index in [9.17, 15) is 9.59 Å². The molecule has 0 spiro atoms. The van der Waals surface area contributed by atoms with E-state index >= 15 is 0 Å². The second-order valence-electron chi connectivity index (χ2n) is 5.37. The van der Waals surface area contributed by atoms with Crippen LogP contribution in [0.15, 0.2) is 59.7 Å². The van der Waals surface area contributed by atoms with Crippen molar-refractivity contribution in [1.82, 2.24) is 5.43 Å². The fourth-order valence-electron chi connectivity index (χ4n) is 2.15. The summed E-state index contributed by atoms with van der Waals surface area (Å²) in [6.07, 6.45) is 0.906. The molecule has 0 aliphatic rings. The highest BCUT2D eigenvalue weighted by Gasteiger charge is 2.08. The van der Waals surface area contributed by atoms with Crippen LogP contribution in [0.3, 0.4) is 0 Å². The van der Waals surface area contributed by atoms with E-state index in [2.05, 4.69) is 38.4 Å². The van der Waals surface area contributed by atoms with Gasteiger partial charge >= 0.3 is 0 Å². The summed E-state index contributed by atoms with van der Waals surface area (Å²) >= 11 is 2.20. The van der Waals surface area contributed by atoms with Crippen molar-refractivity contribution in [3.8, 4) is 0 Å². The molecule has 5 nitrogen and oxygen atoms in total. The highest BCUT2D eigenvalue weighted by atomic mass is 127. The third-order valence-corrected chi connectivity index (χ3v) is 4.18. The lowest BCUT2D eigenvalue weighted by Gasteiger charge is -2.06. The minimum absolute atomic E-state index is 0.0888. The lowest BCUT2D eigenvalue weighted by atomic mass is 10.1.